The maximum Gasteiger partial charge on any atom is 0.471 e. The number of amides is 3. The number of likely N-dealkylation sites (tertiary alicyclic amines) is 1. The molecule has 1 unspecified atom stereocenters. The molecule has 10 nitrogen and oxygen atoms in total. The molecule has 0 bridgehead atoms. The smallest absolute Gasteiger partial charge is 0.376 e. The molecule has 5 atom stereocenters. The van der Waals surface area contributed by atoms with Gasteiger partial charge in [-0.2, -0.15) is 18.4 Å². The molecule has 0 spiro atoms. The van der Waals surface area contributed by atoms with Gasteiger partial charge in [0.15, 0.2) is 0 Å². The van der Waals surface area contributed by atoms with Gasteiger partial charge in [-0.3, -0.25) is 19.2 Å². The number of aromatic amines is 1. The topological polar surface area (TPSA) is 144 Å². The SMILES string of the molecule is Cc1ccc2[nH]c(=O)c(C[C@@H](C#N)NC(=O)C3C[C@H]4OCC[C@H]4N3C(=O)[C@@H](NC(=O)C(F)(F)F)C(C)(C)C)cc2c1. The van der Waals surface area contributed by atoms with Crippen molar-refractivity contribution in [2.75, 3.05) is 6.61 Å². The number of pyridine rings is 1. The lowest BCUT2D eigenvalue weighted by Crippen LogP contribution is -2.61. The summed E-state index contributed by atoms with van der Waals surface area (Å²) < 4.78 is 44.9. The molecule has 3 N–H and O–H groups in total. The lowest BCUT2D eigenvalue weighted by atomic mass is 9.85. The Labute approximate surface area is 234 Å². The fourth-order valence-electron chi connectivity index (χ4n) is 5.45. The fraction of sp³-hybridized carbons (Fsp3) is 0.536. The number of alkyl halides is 3. The number of nitrogens with one attached hydrogen (secondary N) is 3. The zero-order valence-electron chi connectivity index (χ0n) is 23.1. The van der Waals surface area contributed by atoms with E-state index in [2.05, 4.69) is 10.3 Å². The van der Waals surface area contributed by atoms with Crippen LogP contribution in [0.25, 0.3) is 10.9 Å². The standard InChI is InChI=1S/C28H32F3N5O5/c1-14-5-6-18-15(9-14)10-16(23(37)34-18)11-17(13-32)33-24(38)20-12-21-19(7-8-41-21)36(20)25(39)22(27(2,3)4)35-26(40)28(29,30)31/h5-6,9-10,17,19-22H,7-8,11-12H2,1-4H3,(H,33,38)(H,34,37)(H,35,40)/t17-,19+,20?,21+,22+/m0/s1. The Morgan fingerprint density at radius 2 is 1.90 bits per heavy atom. The van der Waals surface area contributed by atoms with Crippen LogP contribution in [-0.2, 0) is 25.5 Å². The summed E-state index contributed by atoms with van der Waals surface area (Å²) in [6.45, 7) is 6.72. The molecule has 3 heterocycles. The lowest BCUT2D eigenvalue weighted by molar-refractivity contribution is -0.176. The highest BCUT2D eigenvalue weighted by atomic mass is 19.4. The number of carbonyl (C=O) groups is 3. The lowest BCUT2D eigenvalue weighted by Gasteiger charge is -2.37. The van der Waals surface area contributed by atoms with Crippen LogP contribution in [0.1, 0.15) is 44.7 Å². The van der Waals surface area contributed by atoms with Crippen molar-refractivity contribution in [3.8, 4) is 6.07 Å². The first-order chi connectivity index (χ1) is 19.1. The van der Waals surface area contributed by atoms with Crippen molar-refractivity contribution in [2.45, 2.75) is 83.4 Å². The molecule has 2 aromatic rings. The highest BCUT2D eigenvalue weighted by molar-refractivity contribution is 5.94. The molecular weight excluding hydrogens is 543 g/mol. The predicted octanol–water partition coefficient (Wildman–Crippen LogP) is 2.24. The second-order valence-electron chi connectivity index (χ2n) is 11.6. The van der Waals surface area contributed by atoms with Crippen LogP contribution in [0.4, 0.5) is 13.2 Å². The minimum Gasteiger partial charge on any atom is -0.376 e. The van der Waals surface area contributed by atoms with Gasteiger partial charge in [-0.25, -0.2) is 0 Å². The fourth-order valence-corrected chi connectivity index (χ4v) is 5.45. The molecule has 1 aromatic carbocycles. The van der Waals surface area contributed by atoms with E-state index < -0.39 is 65.1 Å². The summed E-state index contributed by atoms with van der Waals surface area (Å²) >= 11 is 0. The first-order valence-corrected chi connectivity index (χ1v) is 13.2. The number of carbonyl (C=O) groups excluding carboxylic acids is 3. The number of rotatable bonds is 6. The quantitative estimate of drug-likeness (QED) is 0.482. The van der Waals surface area contributed by atoms with E-state index in [0.717, 1.165) is 10.9 Å². The Hall–Kier alpha value is -3.92. The molecule has 2 fully saturated rings. The van der Waals surface area contributed by atoms with Crippen molar-refractivity contribution in [1.82, 2.24) is 20.5 Å². The van der Waals surface area contributed by atoms with Gasteiger partial charge in [0.25, 0.3) is 5.56 Å². The Kier molecular flexibility index (Phi) is 8.18. The van der Waals surface area contributed by atoms with Gasteiger partial charge in [-0.15, -0.1) is 0 Å². The number of fused-ring (bicyclic) bond motifs is 2. The molecule has 41 heavy (non-hydrogen) atoms. The minimum atomic E-state index is -5.20. The second-order valence-corrected chi connectivity index (χ2v) is 11.6. The van der Waals surface area contributed by atoms with Gasteiger partial charge in [0.1, 0.15) is 18.1 Å². The number of halogens is 3. The molecule has 0 aliphatic carbocycles. The molecule has 220 valence electrons. The molecular formula is C28H32F3N5O5. The second kappa shape index (κ2) is 11.2. The van der Waals surface area contributed by atoms with Crippen molar-refractivity contribution in [3.63, 3.8) is 0 Å². The third kappa shape index (κ3) is 6.37. The number of aryl methyl sites for hydroxylation is 1. The van der Waals surface area contributed by atoms with Crippen LogP contribution in [0, 0.1) is 23.7 Å². The van der Waals surface area contributed by atoms with Crippen molar-refractivity contribution in [1.29, 1.82) is 5.26 Å². The number of benzene rings is 1. The maximum atomic E-state index is 13.8. The van der Waals surface area contributed by atoms with Crippen molar-refractivity contribution in [3.05, 3.63) is 45.7 Å². The third-order valence-corrected chi connectivity index (χ3v) is 7.50. The number of hydrogen-bond donors (Lipinski definition) is 3. The molecule has 0 radical (unpaired) electrons. The van der Waals surface area contributed by atoms with Crippen molar-refractivity contribution >= 4 is 28.6 Å². The number of ether oxygens (including phenoxy) is 1. The summed E-state index contributed by atoms with van der Waals surface area (Å²) in [5.41, 5.74) is 0.335. The van der Waals surface area contributed by atoms with Crippen molar-refractivity contribution < 1.29 is 32.3 Å². The van der Waals surface area contributed by atoms with E-state index >= 15 is 0 Å². The molecule has 13 heteroatoms. The highest BCUT2D eigenvalue weighted by Gasteiger charge is 2.53. The summed E-state index contributed by atoms with van der Waals surface area (Å²) in [4.78, 5) is 55.6. The van der Waals surface area contributed by atoms with E-state index in [-0.39, 0.29) is 18.4 Å². The van der Waals surface area contributed by atoms with Crippen LogP contribution in [0.2, 0.25) is 0 Å². The molecule has 0 saturated carbocycles. The predicted molar refractivity (Wildman–Crippen MR) is 141 cm³/mol. The van der Waals surface area contributed by atoms with E-state index in [4.69, 9.17) is 4.74 Å². The molecule has 1 aromatic heterocycles. The van der Waals surface area contributed by atoms with Crippen LogP contribution >= 0.6 is 0 Å². The normalized spacial score (nSPS) is 22.1. The van der Waals surface area contributed by atoms with Crippen molar-refractivity contribution in [2.24, 2.45) is 5.41 Å². The number of H-pyrrole nitrogens is 1. The monoisotopic (exact) mass is 575 g/mol. The van der Waals surface area contributed by atoms with E-state index in [1.54, 1.807) is 17.4 Å². The minimum absolute atomic E-state index is 0.0697. The molecule has 2 aliphatic heterocycles. The maximum absolute atomic E-state index is 13.8. The van der Waals surface area contributed by atoms with Gasteiger partial charge in [-0.05, 0) is 42.3 Å². The zero-order chi connectivity index (χ0) is 30.3. The molecule has 2 saturated heterocycles. The van der Waals surface area contributed by atoms with Gasteiger partial charge in [0.2, 0.25) is 11.8 Å². The molecule has 3 amide bonds. The van der Waals surface area contributed by atoms with Gasteiger partial charge in [-0.1, -0.05) is 32.4 Å². The van der Waals surface area contributed by atoms with Gasteiger partial charge in [0.05, 0.1) is 18.2 Å². The van der Waals surface area contributed by atoms with Gasteiger partial charge in [0, 0.05) is 30.5 Å². The van der Waals surface area contributed by atoms with E-state index in [1.165, 1.54) is 25.7 Å². The Morgan fingerprint density at radius 1 is 1.20 bits per heavy atom. The van der Waals surface area contributed by atoms with E-state index in [0.29, 0.717) is 18.5 Å². The highest BCUT2D eigenvalue weighted by Crippen LogP contribution is 2.36. The summed E-state index contributed by atoms with van der Waals surface area (Å²) in [5.74, 6) is -3.81. The Bertz CT molecular complexity index is 1460. The van der Waals surface area contributed by atoms with Gasteiger partial charge < -0.3 is 25.3 Å². The van der Waals surface area contributed by atoms with Crippen LogP contribution in [0.15, 0.2) is 29.1 Å². The average molecular weight is 576 g/mol. The van der Waals surface area contributed by atoms with E-state index in [1.807, 2.05) is 25.1 Å². The summed E-state index contributed by atoms with van der Waals surface area (Å²) in [7, 11) is 0. The summed E-state index contributed by atoms with van der Waals surface area (Å²) in [6.07, 6.45) is -5.42. The first kappa shape index (κ1) is 30.0. The first-order valence-electron chi connectivity index (χ1n) is 13.2. The summed E-state index contributed by atoms with van der Waals surface area (Å²) in [6, 6.07) is 4.66. The van der Waals surface area contributed by atoms with Crippen LogP contribution in [-0.4, -0.2) is 70.7 Å². The third-order valence-electron chi connectivity index (χ3n) is 7.50. The van der Waals surface area contributed by atoms with Crippen LogP contribution in [0.3, 0.4) is 0 Å². The number of nitrogens with zero attached hydrogens (tertiary/aromatic N) is 2. The number of nitriles is 1. The Balaban J connectivity index is 1.57. The van der Waals surface area contributed by atoms with Crippen LogP contribution in [0.5, 0.6) is 0 Å². The van der Waals surface area contributed by atoms with Crippen LogP contribution < -0.4 is 16.2 Å². The Morgan fingerprint density at radius 3 is 2.54 bits per heavy atom. The number of hydrogen-bond acceptors (Lipinski definition) is 6. The average Bonchev–Trinajstić information content (AvgIpc) is 3.47. The zero-order valence-corrected chi connectivity index (χ0v) is 23.1. The van der Waals surface area contributed by atoms with Gasteiger partial charge >= 0.3 is 12.1 Å². The van der Waals surface area contributed by atoms with E-state index in [9.17, 15) is 37.6 Å². The summed E-state index contributed by atoms with van der Waals surface area (Å²) in [5, 5.41) is 15.0. The largest absolute Gasteiger partial charge is 0.471 e. The number of aromatic nitrogens is 1. The molecule has 2 aliphatic rings. The molecule has 4 rings (SSSR count).